The van der Waals surface area contributed by atoms with Crippen LogP contribution in [0.15, 0.2) is 42.5 Å². The molecule has 0 radical (unpaired) electrons. The predicted molar refractivity (Wildman–Crippen MR) is 79.3 cm³/mol. The Balaban J connectivity index is 1.82. The zero-order chi connectivity index (χ0) is 16.7. The van der Waals surface area contributed by atoms with E-state index in [2.05, 4.69) is 4.74 Å². The molecule has 7 heteroatoms. The van der Waals surface area contributed by atoms with Gasteiger partial charge in [0.2, 0.25) is 0 Å². The Morgan fingerprint density at radius 3 is 2.00 bits per heavy atom. The molecule has 0 fully saturated rings. The van der Waals surface area contributed by atoms with E-state index in [4.69, 9.17) is 14.2 Å². The summed E-state index contributed by atoms with van der Waals surface area (Å²) < 4.78 is 19.2. The highest BCUT2D eigenvalue weighted by molar-refractivity contribution is 6.06. The van der Waals surface area contributed by atoms with Crippen LogP contribution in [-0.2, 0) is 9.47 Å². The van der Waals surface area contributed by atoms with E-state index < -0.39 is 18.3 Å². The van der Waals surface area contributed by atoms with Gasteiger partial charge in [0.15, 0.2) is 11.5 Å². The van der Waals surface area contributed by atoms with Gasteiger partial charge in [0.25, 0.3) is 0 Å². The first kappa shape index (κ1) is 14.0. The van der Waals surface area contributed by atoms with E-state index in [1.807, 2.05) is 30.3 Å². The van der Waals surface area contributed by atoms with Crippen LogP contribution in [0, 0.1) is 0 Å². The molecule has 0 amide bonds. The molecular weight excluding hydrogens is 316 g/mol. The molecule has 0 unspecified atom stereocenters. The maximum Gasteiger partial charge on any atom is 0.524 e. The number of carbonyl (C=O) groups is 3. The zero-order valence-electron chi connectivity index (χ0n) is 12.0. The van der Waals surface area contributed by atoms with Crippen LogP contribution in [0.1, 0.15) is 21.5 Å². The Labute approximate surface area is 135 Å². The maximum atomic E-state index is 12.0. The zero-order valence-corrected chi connectivity index (χ0v) is 12.0. The third-order valence-corrected chi connectivity index (χ3v) is 3.42. The van der Waals surface area contributed by atoms with Gasteiger partial charge < -0.3 is 18.9 Å². The summed E-state index contributed by atoms with van der Waals surface area (Å²) in [6, 6.07) is 11.9. The first-order valence-electron chi connectivity index (χ1n) is 6.89. The van der Waals surface area contributed by atoms with E-state index in [9.17, 15) is 14.4 Å². The highest BCUT2D eigenvalue weighted by Gasteiger charge is 2.32. The van der Waals surface area contributed by atoms with Crippen molar-refractivity contribution in [2.45, 2.75) is 0 Å². The van der Waals surface area contributed by atoms with Crippen molar-refractivity contribution in [3.63, 3.8) is 0 Å². The van der Waals surface area contributed by atoms with Crippen LogP contribution in [0.5, 0.6) is 11.5 Å². The SMILES string of the molecule is O=C1OC(=O)Oc2cc3c(cc2O1)C(=O)OC3=Cc1ccccc1. The minimum atomic E-state index is -1.23. The van der Waals surface area contributed by atoms with Crippen LogP contribution in [-0.4, -0.2) is 18.3 Å². The monoisotopic (exact) mass is 324 g/mol. The molecule has 0 saturated carbocycles. The first-order chi connectivity index (χ1) is 11.6. The second kappa shape index (κ2) is 5.24. The lowest BCUT2D eigenvalue weighted by atomic mass is 10.1. The number of hydrogen-bond acceptors (Lipinski definition) is 7. The Morgan fingerprint density at radius 2 is 1.33 bits per heavy atom. The van der Waals surface area contributed by atoms with E-state index in [0.29, 0.717) is 11.3 Å². The first-order valence-corrected chi connectivity index (χ1v) is 6.89. The fourth-order valence-electron chi connectivity index (χ4n) is 2.40. The number of rotatable bonds is 1. The van der Waals surface area contributed by atoms with Gasteiger partial charge in [0.05, 0.1) is 5.56 Å². The van der Waals surface area contributed by atoms with E-state index in [-0.39, 0.29) is 17.1 Å². The molecule has 0 bridgehead atoms. The molecule has 0 saturated heterocycles. The Kier molecular flexibility index (Phi) is 3.06. The molecule has 0 N–H and O–H groups in total. The molecule has 0 aromatic heterocycles. The summed E-state index contributed by atoms with van der Waals surface area (Å²) in [5.74, 6) is -0.427. The van der Waals surface area contributed by atoms with E-state index in [1.54, 1.807) is 6.08 Å². The van der Waals surface area contributed by atoms with E-state index in [1.165, 1.54) is 12.1 Å². The van der Waals surface area contributed by atoms with Crippen molar-refractivity contribution in [3.05, 3.63) is 59.2 Å². The van der Waals surface area contributed by atoms with Gasteiger partial charge in [-0.05, 0) is 17.7 Å². The molecule has 2 aromatic carbocycles. The summed E-state index contributed by atoms with van der Waals surface area (Å²) in [6.07, 6.45) is -0.764. The molecule has 0 aliphatic carbocycles. The van der Waals surface area contributed by atoms with Crippen LogP contribution in [0.25, 0.3) is 11.8 Å². The molecular formula is C17H8O7. The van der Waals surface area contributed by atoms with E-state index >= 15 is 0 Å². The van der Waals surface area contributed by atoms with Gasteiger partial charge in [0, 0.05) is 11.6 Å². The number of ether oxygens (including phenoxy) is 4. The fourth-order valence-corrected chi connectivity index (χ4v) is 2.40. The van der Waals surface area contributed by atoms with Crippen molar-refractivity contribution < 1.29 is 33.3 Å². The predicted octanol–water partition coefficient (Wildman–Crippen LogP) is 3.38. The largest absolute Gasteiger partial charge is 0.524 e. The van der Waals surface area contributed by atoms with Crippen molar-refractivity contribution in [3.8, 4) is 11.5 Å². The molecule has 2 heterocycles. The van der Waals surface area contributed by atoms with Crippen LogP contribution in [0.4, 0.5) is 9.59 Å². The molecule has 2 aromatic rings. The van der Waals surface area contributed by atoms with Gasteiger partial charge in [0.1, 0.15) is 5.76 Å². The fraction of sp³-hybridized carbons (Fsp3) is 0. The standard InChI is InChI=1S/C17H8O7/c18-15-11-8-14-13(22-16(19)24-17(20)23-14)7-10(11)12(21-15)6-9-4-2-1-3-5-9/h1-8H. The molecule has 118 valence electrons. The second-order valence-electron chi connectivity index (χ2n) is 4.96. The summed E-state index contributed by atoms with van der Waals surface area (Å²) in [5.41, 5.74) is 1.45. The molecule has 24 heavy (non-hydrogen) atoms. The molecule has 4 rings (SSSR count). The van der Waals surface area contributed by atoms with Crippen LogP contribution < -0.4 is 9.47 Å². The van der Waals surface area contributed by atoms with Gasteiger partial charge in [-0.2, -0.15) is 0 Å². The lowest BCUT2D eigenvalue weighted by Crippen LogP contribution is -2.14. The summed E-state index contributed by atoms with van der Waals surface area (Å²) in [7, 11) is 0. The second-order valence-corrected chi connectivity index (χ2v) is 4.96. The quantitative estimate of drug-likeness (QED) is 0.451. The van der Waals surface area contributed by atoms with Crippen molar-refractivity contribution >= 4 is 30.1 Å². The summed E-state index contributed by atoms with van der Waals surface area (Å²) >= 11 is 0. The van der Waals surface area contributed by atoms with Crippen molar-refractivity contribution in [2.24, 2.45) is 0 Å². The normalized spacial score (nSPS) is 17.2. The molecule has 0 atom stereocenters. The van der Waals surface area contributed by atoms with Gasteiger partial charge in [-0.25, -0.2) is 14.4 Å². The molecule has 7 nitrogen and oxygen atoms in total. The number of hydrogen-bond donors (Lipinski definition) is 0. The molecule has 2 aliphatic rings. The smallest absolute Gasteiger partial charge is 0.422 e. The molecule has 0 spiro atoms. The highest BCUT2D eigenvalue weighted by Crippen LogP contribution is 2.40. The topological polar surface area (TPSA) is 88.1 Å². The number of carbonyl (C=O) groups excluding carboxylic acids is 3. The van der Waals surface area contributed by atoms with Crippen molar-refractivity contribution in [1.82, 2.24) is 0 Å². The Morgan fingerprint density at radius 1 is 0.708 bits per heavy atom. The number of benzene rings is 2. The lowest BCUT2D eigenvalue weighted by Gasteiger charge is -2.05. The average molecular weight is 324 g/mol. The van der Waals surface area contributed by atoms with Gasteiger partial charge >= 0.3 is 18.3 Å². The minimum Gasteiger partial charge on any atom is -0.422 e. The summed E-state index contributed by atoms with van der Waals surface area (Å²) in [6.45, 7) is 0. The van der Waals surface area contributed by atoms with Gasteiger partial charge in [-0.3, -0.25) is 0 Å². The van der Waals surface area contributed by atoms with Crippen molar-refractivity contribution in [2.75, 3.05) is 0 Å². The van der Waals surface area contributed by atoms with Gasteiger partial charge in [-0.1, -0.05) is 30.3 Å². The third-order valence-electron chi connectivity index (χ3n) is 3.42. The number of fused-ring (bicyclic) bond motifs is 2. The Bertz CT molecular complexity index is 912. The maximum absolute atomic E-state index is 12.0. The average Bonchev–Trinajstić information content (AvgIpc) is 2.75. The molecule has 2 aliphatic heterocycles. The lowest BCUT2D eigenvalue weighted by molar-refractivity contribution is 0.0715. The summed E-state index contributed by atoms with van der Waals surface area (Å²) in [4.78, 5) is 34.6. The third kappa shape index (κ3) is 2.38. The van der Waals surface area contributed by atoms with Crippen LogP contribution in [0.3, 0.4) is 0 Å². The van der Waals surface area contributed by atoms with Gasteiger partial charge in [-0.15, -0.1) is 0 Å². The van der Waals surface area contributed by atoms with E-state index in [0.717, 1.165) is 5.56 Å². The highest BCUT2D eigenvalue weighted by atomic mass is 16.8. The number of esters is 1. The summed E-state index contributed by atoms with van der Waals surface area (Å²) in [5, 5.41) is 0. The van der Waals surface area contributed by atoms with Crippen LogP contribution in [0.2, 0.25) is 0 Å². The number of cyclic esters (lactones) is 3. The van der Waals surface area contributed by atoms with Crippen molar-refractivity contribution in [1.29, 1.82) is 0 Å². The van der Waals surface area contributed by atoms with Crippen LogP contribution >= 0.6 is 0 Å². The Hall–Kier alpha value is -3.61. The minimum absolute atomic E-state index is 0.0399.